The molecule has 2 heterocycles. The number of benzene rings is 2. The van der Waals surface area contributed by atoms with Gasteiger partial charge in [-0.1, -0.05) is 24.3 Å². The van der Waals surface area contributed by atoms with Crippen LogP contribution in [0.15, 0.2) is 42.5 Å². The summed E-state index contributed by atoms with van der Waals surface area (Å²) in [5, 5.41) is 5.77. The van der Waals surface area contributed by atoms with E-state index in [-0.39, 0.29) is 29.7 Å². The summed E-state index contributed by atoms with van der Waals surface area (Å²) < 4.78 is 0. The van der Waals surface area contributed by atoms with E-state index in [9.17, 15) is 14.4 Å². The first-order valence-corrected chi connectivity index (χ1v) is 10.8. The van der Waals surface area contributed by atoms with Gasteiger partial charge in [-0.05, 0) is 60.6 Å². The third-order valence-electron chi connectivity index (χ3n) is 6.77. The van der Waals surface area contributed by atoms with Crippen molar-refractivity contribution >= 4 is 23.4 Å². The van der Waals surface area contributed by atoms with Gasteiger partial charge in [0.1, 0.15) is 6.04 Å². The van der Waals surface area contributed by atoms with E-state index in [1.165, 1.54) is 6.42 Å². The molecule has 1 atom stereocenters. The van der Waals surface area contributed by atoms with Crippen LogP contribution in [0.5, 0.6) is 0 Å². The molecule has 7 heteroatoms. The third-order valence-corrected chi connectivity index (χ3v) is 6.77. The van der Waals surface area contributed by atoms with Crippen molar-refractivity contribution in [2.75, 3.05) is 5.32 Å². The number of carbonyl (C=O) groups excluding carboxylic acids is 3. The van der Waals surface area contributed by atoms with Crippen molar-refractivity contribution < 1.29 is 14.4 Å². The molecule has 160 valence electrons. The first kappa shape index (κ1) is 19.8. The maximum absolute atomic E-state index is 13.0. The molecule has 1 saturated carbocycles. The molecule has 1 aliphatic carbocycles. The molecule has 2 aliphatic heterocycles. The number of hydrogen-bond acceptors (Lipinski definition) is 5. The summed E-state index contributed by atoms with van der Waals surface area (Å²) >= 11 is 0. The number of nitrogens with two attached hydrogens (primary N) is 1. The minimum Gasteiger partial charge on any atom is -0.381 e. The number of imide groups is 1. The number of nitrogens with one attached hydrogen (secondary N) is 2. The monoisotopic (exact) mass is 418 g/mol. The Morgan fingerprint density at radius 2 is 1.97 bits per heavy atom. The van der Waals surface area contributed by atoms with Crippen molar-refractivity contribution in [1.29, 1.82) is 0 Å². The van der Waals surface area contributed by atoms with Crippen LogP contribution in [0.1, 0.15) is 59.2 Å². The molecular weight excluding hydrogens is 392 g/mol. The number of nitrogens with zero attached hydrogens (tertiary/aromatic N) is 1. The molecule has 1 saturated heterocycles. The molecule has 0 radical (unpaired) electrons. The molecule has 2 aromatic carbocycles. The van der Waals surface area contributed by atoms with Gasteiger partial charge in [-0.2, -0.15) is 0 Å². The molecule has 7 nitrogen and oxygen atoms in total. The Balaban J connectivity index is 1.28. The van der Waals surface area contributed by atoms with Crippen molar-refractivity contribution in [2.45, 2.75) is 56.8 Å². The Bertz CT molecular complexity index is 1080. The molecule has 2 fully saturated rings. The molecule has 0 bridgehead atoms. The normalized spacial score (nSPS) is 22.0. The van der Waals surface area contributed by atoms with Crippen LogP contribution in [0, 0.1) is 0 Å². The molecule has 5 rings (SSSR count). The van der Waals surface area contributed by atoms with Gasteiger partial charge in [-0.3, -0.25) is 19.7 Å². The predicted octanol–water partition coefficient (Wildman–Crippen LogP) is 2.40. The lowest BCUT2D eigenvalue weighted by molar-refractivity contribution is -0.136. The summed E-state index contributed by atoms with van der Waals surface area (Å²) in [7, 11) is 0. The second kappa shape index (κ2) is 7.50. The highest BCUT2D eigenvalue weighted by Gasteiger charge is 2.39. The van der Waals surface area contributed by atoms with Crippen LogP contribution in [0.3, 0.4) is 0 Å². The Morgan fingerprint density at radius 3 is 2.71 bits per heavy atom. The molecule has 3 amide bonds. The molecule has 0 aromatic heterocycles. The zero-order valence-corrected chi connectivity index (χ0v) is 17.3. The van der Waals surface area contributed by atoms with Gasteiger partial charge in [0.25, 0.3) is 5.91 Å². The van der Waals surface area contributed by atoms with Gasteiger partial charge in [-0.15, -0.1) is 0 Å². The Labute approximate surface area is 181 Å². The number of rotatable bonds is 5. The lowest BCUT2D eigenvalue weighted by atomic mass is 9.73. The summed E-state index contributed by atoms with van der Waals surface area (Å²) in [6.07, 6.45) is 3.85. The summed E-state index contributed by atoms with van der Waals surface area (Å²) in [5.74, 6) is -0.813. The van der Waals surface area contributed by atoms with Gasteiger partial charge in [0, 0.05) is 36.3 Å². The van der Waals surface area contributed by atoms with Gasteiger partial charge in [0.2, 0.25) is 11.8 Å². The quantitative estimate of drug-likeness (QED) is 0.647. The fourth-order valence-corrected chi connectivity index (χ4v) is 4.70. The minimum absolute atomic E-state index is 0.150. The SMILES string of the molecule is NC1(c2cccc(NCc3ccc4c(c3)C(=O)N(C3CCC(=O)NC3=O)C4)c2)CCC1. The maximum atomic E-state index is 13.0. The lowest BCUT2D eigenvalue weighted by Crippen LogP contribution is -2.52. The van der Waals surface area contributed by atoms with Crippen molar-refractivity contribution in [1.82, 2.24) is 10.2 Å². The summed E-state index contributed by atoms with van der Waals surface area (Å²) in [6.45, 7) is 0.981. The highest BCUT2D eigenvalue weighted by Crippen LogP contribution is 2.39. The first-order chi connectivity index (χ1) is 14.9. The second-order valence-corrected chi connectivity index (χ2v) is 8.84. The smallest absolute Gasteiger partial charge is 0.255 e. The van der Waals surface area contributed by atoms with E-state index < -0.39 is 6.04 Å². The molecule has 3 aliphatic rings. The van der Waals surface area contributed by atoms with Crippen molar-refractivity contribution in [2.24, 2.45) is 5.73 Å². The van der Waals surface area contributed by atoms with E-state index in [4.69, 9.17) is 5.73 Å². The number of piperidine rings is 1. The van der Waals surface area contributed by atoms with Crippen LogP contribution in [-0.2, 0) is 28.2 Å². The van der Waals surface area contributed by atoms with Gasteiger partial charge >= 0.3 is 0 Å². The van der Waals surface area contributed by atoms with Crippen LogP contribution in [0.4, 0.5) is 5.69 Å². The van der Waals surface area contributed by atoms with E-state index in [1.54, 1.807) is 4.90 Å². The average molecular weight is 418 g/mol. The van der Waals surface area contributed by atoms with Crippen LogP contribution in [0.25, 0.3) is 0 Å². The highest BCUT2D eigenvalue weighted by molar-refractivity contribution is 6.05. The van der Waals surface area contributed by atoms with Crippen LogP contribution < -0.4 is 16.4 Å². The molecule has 0 spiro atoms. The lowest BCUT2D eigenvalue weighted by Gasteiger charge is -2.38. The van der Waals surface area contributed by atoms with Gasteiger partial charge in [-0.25, -0.2) is 0 Å². The second-order valence-electron chi connectivity index (χ2n) is 8.84. The highest BCUT2D eigenvalue weighted by atomic mass is 16.2. The summed E-state index contributed by atoms with van der Waals surface area (Å²) in [4.78, 5) is 38.2. The number of carbonyl (C=O) groups is 3. The first-order valence-electron chi connectivity index (χ1n) is 10.8. The molecular formula is C24H26N4O3. The number of anilines is 1. The number of amides is 3. The molecule has 1 unspecified atom stereocenters. The standard InChI is InChI=1S/C24H26N4O3/c25-24(9-2-10-24)17-3-1-4-18(12-17)26-13-15-5-6-16-14-28(23(31)19(16)11-15)20-7-8-21(29)27-22(20)30/h1,3-6,11-12,20,26H,2,7-10,13-14,25H2,(H,27,29,30). The van der Waals surface area contributed by atoms with Crippen LogP contribution in [0.2, 0.25) is 0 Å². The van der Waals surface area contributed by atoms with Gasteiger partial charge < -0.3 is 16.0 Å². The van der Waals surface area contributed by atoms with Crippen molar-refractivity contribution in [3.05, 3.63) is 64.7 Å². The Hall–Kier alpha value is -3.19. The van der Waals surface area contributed by atoms with Crippen molar-refractivity contribution in [3.8, 4) is 0 Å². The van der Waals surface area contributed by atoms with E-state index in [2.05, 4.69) is 22.8 Å². The Kier molecular flexibility index (Phi) is 4.78. The molecule has 4 N–H and O–H groups in total. The molecule has 31 heavy (non-hydrogen) atoms. The van der Waals surface area contributed by atoms with Crippen LogP contribution >= 0.6 is 0 Å². The van der Waals surface area contributed by atoms with Crippen LogP contribution in [-0.4, -0.2) is 28.7 Å². The van der Waals surface area contributed by atoms with E-state index >= 15 is 0 Å². The Morgan fingerprint density at radius 1 is 1.13 bits per heavy atom. The fourth-order valence-electron chi connectivity index (χ4n) is 4.70. The minimum atomic E-state index is -0.586. The van der Waals surface area contributed by atoms with E-state index in [0.717, 1.165) is 35.2 Å². The summed E-state index contributed by atoms with van der Waals surface area (Å²) in [6, 6.07) is 13.5. The fraction of sp³-hybridized carbons (Fsp3) is 0.375. The topological polar surface area (TPSA) is 105 Å². The zero-order chi connectivity index (χ0) is 21.6. The molecule has 2 aromatic rings. The van der Waals surface area contributed by atoms with E-state index in [0.29, 0.717) is 25.1 Å². The van der Waals surface area contributed by atoms with Crippen molar-refractivity contribution in [3.63, 3.8) is 0 Å². The van der Waals surface area contributed by atoms with Gasteiger partial charge in [0.05, 0.1) is 0 Å². The predicted molar refractivity (Wildman–Crippen MR) is 116 cm³/mol. The number of hydrogen-bond donors (Lipinski definition) is 3. The zero-order valence-electron chi connectivity index (χ0n) is 17.3. The number of fused-ring (bicyclic) bond motifs is 1. The summed E-state index contributed by atoms with van der Waals surface area (Å²) in [5.41, 5.74) is 11.0. The third kappa shape index (κ3) is 3.59. The average Bonchev–Trinajstić information content (AvgIpc) is 3.06. The van der Waals surface area contributed by atoms with Gasteiger partial charge in [0.15, 0.2) is 0 Å². The van der Waals surface area contributed by atoms with E-state index in [1.807, 2.05) is 30.3 Å². The maximum Gasteiger partial charge on any atom is 0.255 e. The largest absolute Gasteiger partial charge is 0.381 e.